The molecule has 26 heavy (non-hydrogen) atoms. The first kappa shape index (κ1) is 19.8. The Morgan fingerprint density at radius 3 is 2.69 bits per heavy atom. The van der Waals surface area contributed by atoms with Crippen LogP contribution in [0, 0.1) is 0 Å². The van der Waals surface area contributed by atoms with Crippen molar-refractivity contribution in [1.29, 1.82) is 0 Å². The van der Waals surface area contributed by atoms with Crippen LogP contribution in [0.25, 0.3) is 0 Å². The van der Waals surface area contributed by atoms with Gasteiger partial charge in [-0.15, -0.1) is 0 Å². The third-order valence-corrected chi connectivity index (χ3v) is 3.63. The van der Waals surface area contributed by atoms with Crippen LogP contribution >= 0.6 is 12.2 Å². The number of hydrogen-bond acceptors (Lipinski definition) is 5. The number of anilines is 2. The lowest BCUT2D eigenvalue weighted by atomic mass is 10.2. The maximum Gasteiger partial charge on any atom is 0.407 e. The number of amides is 2. The van der Waals surface area contributed by atoms with Gasteiger partial charge in [0.2, 0.25) is 0 Å². The minimum atomic E-state index is -0.529. The quantitative estimate of drug-likeness (QED) is 0.542. The second-order valence-corrected chi connectivity index (χ2v) is 7.14. The largest absolute Gasteiger partial charge is 0.482 e. The predicted molar refractivity (Wildman–Crippen MR) is 104 cm³/mol. The van der Waals surface area contributed by atoms with Crippen molar-refractivity contribution in [2.75, 3.05) is 37.0 Å². The molecule has 8 nitrogen and oxygen atoms in total. The monoisotopic (exact) mass is 380 g/mol. The van der Waals surface area contributed by atoms with Crippen LogP contribution in [0.1, 0.15) is 20.8 Å². The zero-order valence-electron chi connectivity index (χ0n) is 15.3. The highest BCUT2D eigenvalue weighted by Gasteiger charge is 2.22. The lowest BCUT2D eigenvalue weighted by Gasteiger charge is -2.26. The third kappa shape index (κ3) is 5.76. The summed E-state index contributed by atoms with van der Waals surface area (Å²) in [6.07, 6.45) is -0.472. The Labute approximate surface area is 158 Å². The highest BCUT2D eigenvalue weighted by molar-refractivity contribution is 7.80. The van der Waals surface area contributed by atoms with E-state index in [0.29, 0.717) is 29.6 Å². The van der Waals surface area contributed by atoms with Crippen molar-refractivity contribution in [3.63, 3.8) is 0 Å². The third-order valence-electron chi connectivity index (χ3n) is 3.38. The average Bonchev–Trinajstić information content (AvgIpc) is 2.54. The number of carbonyl (C=O) groups excluding carboxylic acids is 2. The molecule has 1 aromatic rings. The Morgan fingerprint density at radius 1 is 1.31 bits per heavy atom. The molecule has 0 aromatic heterocycles. The highest BCUT2D eigenvalue weighted by Crippen LogP contribution is 2.33. The molecule has 1 aliphatic rings. The van der Waals surface area contributed by atoms with Gasteiger partial charge in [-0.05, 0) is 51.2 Å². The van der Waals surface area contributed by atoms with Crippen molar-refractivity contribution in [3.05, 3.63) is 18.2 Å². The molecule has 3 N–H and O–H groups in total. The molecule has 0 saturated carbocycles. The van der Waals surface area contributed by atoms with Crippen molar-refractivity contribution in [2.45, 2.75) is 26.4 Å². The first-order valence-corrected chi connectivity index (χ1v) is 8.61. The maximum absolute atomic E-state index is 11.7. The van der Waals surface area contributed by atoms with E-state index < -0.39 is 11.7 Å². The molecule has 0 unspecified atom stereocenters. The highest BCUT2D eigenvalue weighted by atomic mass is 32.1. The fourth-order valence-electron chi connectivity index (χ4n) is 2.18. The van der Waals surface area contributed by atoms with Crippen LogP contribution in [0.15, 0.2) is 18.2 Å². The van der Waals surface area contributed by atoms with Crippen LogP contribution in [0.5, 0.6) is 5.75 Å². The summed E-state index contributed by atoms with van der Waals surface area (Å²) in [5, 5.41) is 9.07. The fourth-order valence-corrected chi connectivity index (χ4v) is 2.40. The Balaban J connectivity index is 1.78. The van der Waals surface area contributed by atoms with Gasteiger partial charge in [-0.1, -0.05) is 0 Å². The molecule has 2 rings (SSSR count). The number of rotatable bonds is 4. The maximum atomic E-state index is 11.7. The number of likely N-dealkylation sites (N-methyl/N-ethyl adjacent to an activating group) is 1. The lowest BCUT2D eigenvalue weighted by Crippen LogP contribution is -2.39. The summed E-state index contributed by atoms with van der Waals surface area (Å²) in [7, 11) is 1.70. The second kappa shape index (κ2) is 8.22. The molecule has 1 aromatic carbocycles. The van der Waals surface area contributed by atoms with Gasteiger partial charge in [-0.25, -0.2) is 4.79 Å². The van der Waals surface area contributed by atoms with E-state index in [1.807, 2.05) is 6.07 Å². The van der Waals surface area contributed by atoms with E-state index in [0.717, 1.165) is 5.69 Å². The van der Waals surface area contributed by atoms with Crippen molar-refractivity contribution in [2.24, 2.45) is 0 Å². The van der Waals surface area contributed by atoms with Gasteiger partial charge in [-0.3, -0.25) is 4.79 Å². The normalized spacial score (nSPS) is 13.4. The minimum Gasteiger partial charge on any atom is -0.482 e. The number of nitrogens with one attached hydrogen (secondary N) is 3. The van der Waals surface area contributed by atoms with Gasteiger partial charge in [0.25, 0.3) is 5.91 Å². The van der Waals surface area contributed by atoms with Crippen molar-refractivity contribution in [1.82, 2.24) is 10.6 Å². The van der Waals surface area contributed by atoms with Crippen molar-refractivity contribution in [3.8, 4) is 5.75 Å². The summed E-state index contributed by atoms with van der Waals surface area (Å²) in [5.41, 5.74) is 0.881. The van der Waals surface area contributed by atoms with Crippen LogP contribution in [0.3, 0.4) is 0 Å². The van der Waals surface area contributed by atoms with Crippen LogP contribution in [-0.2, 0) is 9.53 Å². The number of thiocarbonyl (C=S) groups is 1. The van der Waals surface area contributed by atoms with Crippen LogP contribution in [-0.4, -0.2) is 49.5 Å². The average molecular weight is 380 g/mol. The number of ether oxygens (including phenoxy) is 2. The molecule has 9 heteroatoms. The number of nitrogens with zero attached hydrogens (tertiary/aromatic N) is 1. The number of carbonyl (C=O) groups is 2. The molecule has 2 amide bonds. The standard InChI is InChI=1S/C17H24N4O4S/c1-17(2,3)25-16(23)19-8-7-18-15(26)20-11-5-6-13-12(9-11)21(4)14(22)10-24-13/h5-6,9H,7-8,10H2,1-4H3,(H,19,23)(H2,18,20,26). The van der Waals surface area contributed by atoms with Gasteiger partial charge < -0.3 is 30.3 Å². The topological polar surface area (TPSA) is 91.9 Å². The van der Waals surface area contributed by atoms with E-state index in [9.17, 15) is 9.59 Å². The molecular formula is C17H24N4O4S. The molecule has 0 spiro atoms. The summed E-state index contributed by atoms with van der Waals surface area (Å²) in [4.78, 5) is 24.8. The summed E-state index contributed by atoms with van der Waals surface area (Å²) in [6, 6.07) is 5.39. The fraction of sp³-hybridized carbons (Fsp3) is 0.471. The van der Waals surface area contributed by atoms with Crippen molar-refractivity contribution >= 4 is 40.7 Å². The molecule has 1 aliphatic heterocycles. The lowest BCUT2D eigenvalue weighted by molar-refractivity contribution is -0.120. The van der Waals surface area contributed by atoms with E-state index in [4.69, 9.17) is 21.7 Å². The number of benzene rings is 1. The SMILES string of the molecule is CN1C(=O)COc2ccc(NC(=S)NCCNC(=O)OC(C)(C)C)cc21. The van der Waals surface area contributed by atoms with Gasteiger partial charge in [-0.2, -0.15) is 0 Å². The summed E-state index contributed by atoms with van der Waals surface area (Å²) < 4.78 is 10.5. The second-order valence-electron chi connectivity index (χ2n) is 6.73. The summed E-state index contributed by atoms with van der Waals surface area (Å²) >= 11 is 5.23. The molecule has 0 aliphatic carbocycles. The smallest absolute Gasteiger partial charge is 0.407 e. The summed E-state index contributed by atoms with van der Waals surface area (Å²) in [5.74, 6) is 0.543. The van der Waals surface area contributed by atoms with E-state index >= 15 is 0 Å². The van der Waals surface area contributed by atoms with Gasteiger partial charge in [0.05, 0.1) is 5.69 Å². The Morgan fingerprint density at radius 2 is 2.00 bits per heavy atom. The van der Waals surface area contributed by atoms with Crippen molar-refractivity contribution < 1.29 is 19.1 Å². The Hall–Kier alpha value is -2.55. The van der Waals surface area contributed by atoms with E-state index in [2.05, 4.69) is 16.0 Å². The Kier molecular flexibility index (Phi) is 6.25. The van der Waals surface area contributed by atoms with Gasteiger partial charge in [0, 0.05) is 25.8 Å². The number of fused-ring (bicyclic) bond motifs is 1. The van der Waals surface area contributed by atoms with Crippen LogP contribution in [0.2, 0.25) is 0 Å². The van der Waals surface area contributed by atoms with E-state index in [-0.39, 0.29) is 12.5 Å². The molecule has 0 radical (unpaired) electrons. The molecule has 0 fully saturated rings. The van der Waals surface area contributed by atoms with Crippen LogP contribution in [0.4, 0.5) is 16.2 Å². The van der Waals surface area contributed by atoms with E-state index in [1.54, 1.807) is 44.9 Å². The Bertz CT molecular complexity index is 702. The molecule has 1 heterocycles. The van der Waals surface area contributed by atoms with Gasteiger partial charge in [0.15, 0.2) is 11.7 Å². The number of alkyl carbamates (subject to hydrolysis) is 1. The van der Waals surface area contributed by atoms with Crippen LogP contribution < -0.4 is 25.6 Å². The zero-order chi connectivity index (χ0) is 19.3. The van der Waals surface area contributed by atoms with Gasteiger partial charge >= 0.3 is 6.09 Å². The minimum absolute atomic E-state index is 0.0426. The first-order chi connectivity index (χ1) is 12.2. The summed E-state index contributed by atoms with van der Waals surface area (Å²) in [6.45, 7) is 6.26. The number of hydrogen-bond donors (Lipinski definition) is 3. The predicted octanol–water partition coefficient (Wildman–Crippen LogP) is 1.85. The molecule has 0 bridgehead atoms. The first-order valence-electron chi connectivity index (χ1n) is 8.21. The molecule has 0 saturated heterocycles. The van der Waals surface area contributed by atoms with E-state index in [1.165, 1.54) is 0 Å². The molecule has 142 valence electrons. The zero-order valence-corrected chi connectivity index (χ0v) is 16.2. The van der Waals surface area contributed by atoms with Gasteiger partial charge in [0.1, 0.15) is 11.4 Å². The molecule has 0 atom stereocenters. The molecular weight excluding hydrogens is 356 g/mol.